The van der Waals surface area contributed by atoms with E-state index in [1.165, 1.54) is 7.11 Å². The van der Waals surface area contributed by atoms with E-state index in [2.05, 4.69) is 5.32 Å². The molecule has 0 heterocycles. The Balaban J connectivity index is 2.11. The first-order chi connectivity index (χ1) is 11.4. The third-order valence-electron chi connectivity index (χ3n) is 3.40. The molecule has 0 radical (unpaired) electrons. The molecule has 126 valence electrons. The van der Waals surface area contributed by atoms with E-state index in [0.29, 0.717) is 16.5 Å². The molecular weight excluding hydrogens is 330 g/mol. The number of hydrogen-bond acceptors (Lipinski definition) is 4. The number of carbonyl (C=O) groups is 2. The van der Waals surface area contributed by atoms with Gasteiger partial charge in [-0.05, 0) is 49.7 Å². The number of nitrogens with one attached hydrogen (secondary N) is 1. The molecule has 0 saturated carbocycles. The van der Waals surface area contributed by atoms with Crippen LogP contribution in [0, 0.1) is 6.92 Å². The fourth-order valence-corrected chi connectivity index (χ4v) is 2.33. The van der Waals surface area contributed by atoms with Gasteiger partial charge in [0.2, 0.25) is 0 Å². The second-order valence-corrected chi connectivity index (χ2v) is 5.63. The molecule has 0 fully saturated rings. The minimum atomic E-state index is -0.754. The van der Waals surface area contributed by atoms with Gasteiger partial charge in [-0.1, -0.05) is 23.7 Å². The lowest BCUT2D eigenvalue weighted by Gasteiger charge is -2.17. The van der Waals surface area contributed by atoms with Crippen LogP contribution < -0.4 is 10.1 Å². The fraction of sp³-hybridized carbons (Fsp3) is 0.222. The van der Waals surface area contributed by atoms with E-state index in [-0.39, 0.29) is 11.5 Å². The third-order valence-corrected chi connectivity index (χ3v) is 3.64. The number of carbonyl (C=O) groups excluding carboxylic acids is 2. The number of anilines is 1. The molecular formula is C18H18ClNO4. The van der Waals surface area contributed by atoms with Crippen molar-refractivity contribution in [3.8, 4) is 5.75 Å². The van der Waals surface area contributed by atoms with Crippen molar-refractivity contribution in [3.05, 3.63) is 58.6 Å². The van der Waals surface area contributed by atoms with Crippen LogP contribution in [0.3, 0.4) is 0 Å². The van der Waals surface area contributed by atoms with E-state index in [0.717, 1.165) is 5.56 Å². The lowest BCUT2D eigenvalue weighted by atomic mass is 10.1. The predicted molar refractivity (Wildman–Crippen MR) is 92.7 cm³/mol. The van der Waals surface area contributed by atoms with Crippen molar-refractivity contribution in [2.24, 2.45) is 0 Å². The topological polar surface area (TPSA) is 64.6 Å². The maximum absolute atomic E-state index is 12.3. The van der Waals surface area contributed by atoms with Crippen LogP contribution in [0.2, 0.25) is 5.02 Å². The number of para-hydroxylation sites is 1. The number of esters is 1. The van der Waals surface area contributed by atoms with Gasteiger partial charge in [-0.2, -0.15) is 0 Å². The first-order valence-electron chi connectivity index (χ1n) is 7.33. The average molecular weight is 348 g/mol. The summed E-state index contributed by atoms with van der Waals surface area (Å²) in [4.78, 5) is 24.1. The summed E-state index contributed by atoms with van der Waals surface area (Å²) in [6.45, 7) is 3.47. The highest BCUT2D eigenvalue weighted by Crippen LogP contribution is 2.23. The van der Waals surface area contributed by atoms with Crippen LogP contribution >= 0.6 is 11.6 Å². The summed E-state index contributed by atoms with van der Waals surface area (Å²) >= 11 is 5.91. The lowest BCUT2D eigenvalue weighted by Crippen LogP contribution is -2.31. The van der Waals surface area contributed by atoms with Gasteiger partial charge < -0.3 is 14.8 Å². The molecule has 0 aliphatic heterocycles. The second kappa shape index (κ2) is 7.84. The number of hydrogen-bond donors (Lipinski definition) is 1. The average Bonchev–Trinajstić information content (AvgIpc) is 2.57. The highest BCUT2D eigenvalue weighted by molar-refractivity contribution is 6.30. The highest BCUT2D eigenvalue weighted by Gasteiger charge is 2.19. The molecule has 2 aromatic rings. The summed E-state index contributed by atoms with van der Waals surface area (Å²) in [5, 5.41) is 3.29. The van der Waals surface area contributed by atoms with Crippen LogP contribution in [-0.2, 0) is 9.53 Å². The Bertz CT molecular complexity index is 760. The zero-order valence-electron chi connectivity index (χ0n) is 13.6. The number of rotatable bonds is 5. The molecule has 0 spiro atoms. The molecule has 0 unspecified atom stereocenters. The van der Waals surface area contributed by atoms with Crippen LogP contribution in [0.5, 0.6) is 5.75 Å². The molecule has 24 heavy (non-hydrogen) atoms. The van der Waals surface area contributed by atoms with Gasteiger partial charge in [-0.15, -0.1) is 0 Å². The molecule has 6 heteroatoms. The van der Waals surface area contributed by atoms with Crippen molar-refractivity contribution in [1.82, 2.24) is 0 Å². The molecule has 0 bridgehead atoms. The summed E-state index contributed by atoms with van der Waals surface area (Å²) in [5.41, 5.74) is 1.48. The molecule has 2 aromatic carbocycles. The van der Waals surface area contributed by atoms with Gasteiger partial charge in [0.05, 0.1) is 18.4 Å². The molecule has 1 atom stereocenters. The number of amides is 1. The zero-order valence-corrected chi connectivity index (χ0v) is 14.4. The first kappa shape index (κ1) is 17.8. The Morgan fingerprint density at radius 1 is 1.17 bits per heavy atom. The van der Waals surface area contributed by atoms with E-state index in [9.17, 15) is 9.59 Å². The Morgan fingerprint density at radius 3 is 2.54 bits per heavy atom. The molecule has 0 saturated heterocycles. The van der Waals surface area contributed by atoms with Crippen molar-refractivity contribution >= 4 is 29.2 Å². The van der Waals surface area contributed by atoms with Gasteiger partial charge in [-0.25, -0.2) is 4.79 Å². The van der Waals surface area contributed by atoms with E-state index in [4.69, 9.17) is 21.1 Å². The van der Waals surface area contributed by atoms with Crippen molar-refractivity contribution in [1.29, 1.82) is 0 Å². The number of benzene rings is 2. The normalized spacial score (nSPS) is 11.5. The molecule has 0 aliphatic carbocycles. The van der Waals surface area contributed by atoms with Gasteiger partial charge in [0, 0.05) is 5.02 Å². The fourth-order valence-electron chi connectivity index (χ4n) is 2.10. The Hall–Kier alpha value is -2.53. The zero-order chi connectivity index (χ0) is 17.7. The third kappa shape index (κ3) is 4.26. The smallest absolute Gasteiger partial charge is 0.339 e. The summed E-state index contributed by atoms with van der Waals surface area (Å²) < 4.78 is 10.4. The molecule has 0 aliphatic rings. The van der Waals surface area contributed by atoms with E-state index >= 15 is 0 Å². The molecule has 1 amide bonds. The number of ether oxygens (including phenoxy) is 2. The standard InChI is InChI=1S/C18H18ClNO4/c1-11-10-13(19)8-9-16(11)24-12(2)17(21)20-15-7-5-4-6-14(15)18(22)23-3/h4-10,12H,1-3H3,(H,20,21)/t12-/m0/s1. The predicted octanol–water partition coefficient (Wildman–Crippen LogP) is 3.84. The summed E-state index contributed by atoms with van der Waals surface area (Å²) in [5.74, 6) is -0.322. The summed E-state index contributed by atoms with van der Waals surface area (Å²) in [7, 11) is 1.29. The van der Waals surface area contributed by atoms with Gasteiger partial charge in [0.15, 0.2) is 6.10 Å². The number of aryl methyl sites for hydroxylation is 1. The van der Waals surface area contributed by atoms with Gasteiger partial charge >= 0.3 is 5.97 Å². The minimum Gasteiger partial charge on any atom is -0.481 e. The van der Waals surface area contributed by atoms with Crippen LogP contribution in [0.1, 0.15) is 22.8 Å². The SMILES string of the molecule is COC(=O)c1ccccc1NC(=O)[C@H](C)Oc1ccc(Cl)cc1C. The van der Waals surface area contributed by atoms with E-state index in [1.807, 2.05) is 6.92 Å². The van der Waals surface area contributed by atoms with Crippen molar-refractivity contribution in [2.45, 2.75) is 20.0 Å². The van der Waals surface area contributed by atoms with Gasteiger partial charge in [0.25, 0.3) is 5.91 Å². The molecule has 2 rings (SSSR count). The number of halogens is 1. The molecule has 5 nitrogen and oxygen atoms in total. The van der Waals surface area contributed by atoms with Gasteiger partial charge in [-0.3, -0.25) is 4.79 Å². The Kier molecular flexibility index (Phi) is 5.82. The van der Waals surface area contributed by atoms with Crippen LogP contribution in [0.15, 0.2) is 42.5 Å². The maximum Gasteiger partial charge on any atom is 0.339 e. The van der Waals surface area contributed by atoms with Gasteiger partial charge in [0.1, 0.15) is 5.75 Å². The Morgan fingerprint density at radius 2 is 1.88 bits per heavy atom. The van der Waals surface area contributed by atoms with Crippen molar-refractivity contribution in [3.63, 3.8) is 0 Å². The molecule has 0 aromatic heterocycles. The lowest BCUT2D eigenvalue weighted by molar-refractivity contribution is -0.122. The van der Waals surface area contributed by atoms with E-state index < -0.39 is 12.1 Å². The quantitative estimate of drug-likeness (QED) is 0.834. The monoisotopic (exact) mass is 347 g/mol. The largest absolute Gasteiger partial charge is 0.481 e. The number of methoxy groups -OCH3 is 1. The molecule has 1 N–H and O–H groups in total. The van der Waals surface area contributed by atoms with Crippen LogP contribution in [0.25, 0.3) is 0 Å². The van der Waals surface area contributed by atoms with Crippen molar-refractivity contribution < 1.29 is 19.1 Å². The maximum atomic E-state index is 12.3. The van der Waals surface area contributed by atoms with Crippen LogP contribution in [0.4, 0.5) is 5.69 Å². The first-order valence-corrected chi connectivity index (χ1v) is 7.71. The van der Waals surface area contributed by atoms with E-state index in [1.54, 1.807) is 49.4 Å². The van der Waals surface area contributed by atoms with Crippen molar-refractivity contribution in [2.75, 3.05) is 12.4 Å². The minimum absolute atomic E-state index is 0.281. The highest BCUT2D eigenvalue weighted by atomic mass is 35.5. The summed E-state index contributed by atoms with van der Waals surface area (Å²) in [6.07, 6.45) is -0.754. The second-order valence-electron chi connectivity index (χ2n) is 5.20. The Labute approximate surface area is 145 Å². The van der Waals surface area contributed by atoms with Crippen LogP contribution in [-0.4, -0.2) is 25.1 Å². The summed E-state index contributed by atoms with van der Waals surface area (Å²) in [6, 6.07) is 11.8.